The molecule has 0 spiro atoms. The van der Waals surface area contributed by atoms with Crippen LogP contribution in [0.2, 0.25) is 19.6 Å². The van der Waals surface area contributed by atoms with Crippen LogP contribution in [0.3, 0.4) is 0 Å². The Kier molecular flexibility index (Phi) is 6.23. The van der Waals surface area contributed by atoms with Crippen molar-refractivity contribution in [3.05, 3.63) is 23.8 Å². The second kappa shape index (κ2) is 6.17. The third kappa shape index (κ3) is 4.56. The van der Waals surface area contributed by atoms with Gasteiger partial charge in [-0.25, -0.2) is 0 Å². The third-order valence-corrected chi connectivity index (χ3v) is 4.84. The molecule has 0 bridgehead atoms. The normalized spacial score (nSPS) is 11.4. The van der Waals surface area contributed by atoms with Gasteiger partial charge in [-0.3, -0.25) is 0 Å². The van der Waals surface area contributed by atoms with Gasteiger partial charge in [0.15, 0.2) is 0 Å². The van der Waals surface area contributed by atoms with E-state index in [1.165, 1.54) is 10.8 Å². The summed E-state index contributed by atoms with van der Waals surface area (Å²) >= 11 is 5.42. The van der Waals surface area contributed by atoms with Crippen LogP contribution in [0.25, 0.3) is 0 Å². The van der Waals surface area contributed by atoms with E-state index in [2.05, 4.69) is 56.8 Å². The molecule has 0 fully saturated rings. The van der Waals surface area contributed by atoms with Gasteiger partial charge in [0, 0.05) is 6.54 Å². The van der Waals surface area contributed by atoms with E-state index in [0.717, 1.165) is 11.4 Å². The molecule has 0 aromatic heterocycles. The van der Waals surface area contributed by atoms with Gasteiger partial charge in [-0.15, -0.1) is 0 Å². The van der Waals surface area contributed by atoms with Crippen molar-refractivity contribution in [1.82, 2.24) is 4.90 Å². The van der Waals surface area contributed by atoms with Crippen LogP contribution in [0, 0.1) is 0 Å². The van der Waals surface area contributed by atoms with Crippen LogP contribution in [-0.2, 0) is 36.2 Å². The molecule has 1 rings (SSSR count). The minimum atomic E-state index is -1.21. The first-order chi connectivity index (χ1) is 6.80. The fraction of sp³-hybridized carbons (Fsp3) is 0.500. The molecule has 0 radical (unpaired) electrons. The average molecular weight is 302 g/mol. The molecule has 0 aliphatic heterocycles. The molecule has 1 aromatic carbocycles. The third-order valence-electron chi connectivity index (χ3n) is 2.42. The first kappa shape index (κ1) is 16.1. The zero-order chi connectivity index (χ0) is 11.6. The molecule has 0 atom stereocenters. The molecule has 0 unspecified atom stereocenters. The Bertz CT molecular complexity index is 347. The second-order valence-electron chi connectivity index (χ2n) is 5.31. The van der Waals surface area contributed by atoms with Gasteiger partial charge in [0.25, 0.3) is 0 Å². The monoisotopic (exact) mass is 301 g/mol. The maximum Gasteiger partial charge on any atom is 1.00 e. The SMILES string of the molecule is CN(C)Cc1ccc([Si](C)(C)C)cc1[S-].[Cu+]. The van der Waals surface area contributed by atoms with E-state index >= 15 is 0 Å². The fourth-order valence-electron chi connectivity index (χ4n) is 1.49. The van der Waals surface area contributed by atoms with Crippen molar-refractivity contribution in [2.45, 2.75) is 31.1 Å². The number of benzene rings is 1. The minimum absolute atomic E-state index is 0. The van der Waals surface area contributed by atoms with Crippen LogP contribution in [0.4, 0.5) is 0 Å². The Balaban J connectivity index is 0.00000225. The van der Waals surface area contributed by atoms with Crippen LogP contribution in [0.15, 0.2) is 23.1 Å². The maximum atomic E-state index is 5.42. The fourth-order valence-corrected chi connectivity index (χ4v) is 3.02. The summed E-state index contributed by atoms with van der Waals surface area (Å²) < 4.78 is 0. The van der Waals surface area contributed by atoms with Crippen molar-refractivity contribution < 1.29 is 17.1 Å². The average Bonchev–Trinajstić information content (AvgIpc) is 2.05. The standard InChI is InChI=1S/C12H21NSSi.Cu/c1-13(2)9-10-6-7-11(8-12(10)14)15(3,4)5;/h6-8,14H,9H2,1-5H3;/q;+1/p-1. The van der Waals surface area contributed by atoms with Crippen molar-refractivity contribution in [3.63, 3.8) is 0 Å². The Morgan fingerprint density at radius 1 is 1.19 bits per heavy atom. The first-order valence-corrected chi connectivity index (χ1v) is 9.16. The van der Waals surface area contributed by atoms with E-state index in [9.17, 15) is 0 Å². The van der Waals surface area contributed by atoms with E-state index in [1.807, 2.05) is 0 Å². The Hall–Kier alpha value is 0.136. The molecule has 0 aliphatic carbocycles. The molecule has 0 saturated heterocycles. The van der Waals surface area contributed by atoms with E-state index in [4.69, 9.17) is 12.6 Å². The molecule has 0 heterocycles. The van der Waals surface area contributed by atoms with Crippen molar-refractivity contribution in [1.29, 1.82) is 0 Å². The summed E-state index contributed by atoms with van der Waals surface area (Å²) in [5, 5.41) is 1.45. The van der Waals surface area contributed by atoms with Gasteiger partial charge in [-0.05, 0) is 14.1 Å². The summed E-state index contributed by atoms with van der Waals surface area (Å²) in [6, 6.07) is 6.64. The molecule has 1 aromatic rings. The summed E-state index contributed by atoms with van der Waals surface area (Å²) in [5.74, 6) is 0. The van der Waals surface area contributed by atoms with Gasteiger partial charge in [0.1, 0.15) is 0 Å². The van der Waals surface area contributed by atoms with Crippen LogP contribution in [0.5, 0.6) is 0 Å². The summed E-state index contributed by atoms with van der Waals surface area (Å²) in [6.45, 7) is 7.99. The molecular formula is C12H20CuNSSi. The predicted octanol–water partition coefficient (Wildman–Crippen LogP) is 2.20. The molecule has 16 heavy (non-hydrogen) atoms. The summed E-state index contributed by atoms with van der Waals surface area (Å²) in [7, 11) is 2.93. The molecule has 0 amide bonds. The van der Waals surface area contributed by atoms with E-state index < -0.39 is 8.07 Å². The van der Waals surface area contributed by atoms with Crippen molar-refractivity contribution >= 4 is 25.9 Å². The number of hydrogen-bond donors (Lipinski definition) is 0. The molecular weight excluding hydrogens is 282 g/mol. The van der Waals surface area contributed by atoms with Crippen molar-refractivity contribution in [2.75, 3.05) is 14.1 Å². The maximum absolute atomic E-state index is 5.42. The summed E-state index contributed by atoms with van der Waals surface area (Å²) in [4.78, 5) is 3.17. The van der Waals surface area contributed by atoms with Gasteiger partial charge in [-0.1, -0.05) is 48.6 Å². The topological polar surface area (TPSA) is 3.24 Å². The quantitative estimate of drug-likeness (QED) is 0.622. The van der Waals surface area contributed by atoms with Crippen molar-refractivity contribution in [3.8, 4) is 0 Å². The minimum Gasteiger partial charge on any atom is -0.779 e. The second-order valence-corrected chi connectivity index (χ2v) is 10.8. The van der Waals surface area contributed by atoms with Crippen LogP contribution in [-0.4, -0.2) is 27.1 Å². The van der Waals surface area contributed by atoms with E-state index in [0.29, 0.717) is 0 Å². The van der Waals surface area contributed by atoms with E-state index in [-0.39, 0.29) is 17.1 Å². The smallest absolute Gasteiger partial charge is 0.779 e. The summed E-state index contributed by atoms with van der Waals surface area (Å²) in [6.07, 6.45) is 0. The first-order valence-electron chi connectivity index (χ1n) is 5.26. The summed E-state index contributed by atoms with van der Waals surface area (Å²) in [5.41, 5.74) is 1.26. The van der Waals surface area contributed by atoms with Crippen molar-refractivity contribution in [2.24, 2.45) is 0 Å². The number of hydrogen-bond acceptors (Lipinski definition) is 2. The Labute approximate surface area is 117 Å². The molecule has 0 N–H and O–H groups in total. The molecule has 4 heteroatoms. The molecule has 0 saturated carbocycles. The van der Waals surface area contributed by atoms with Gasteiger partial charge < -0.3 is 17.5 Å². The number of rotatable bonds is 3. The van der Waals surface area contributed by atoms with Crippen LogP contribution < -0.4 is 5.19 Å². The van der Waals surface area contributed by atoms with Crippen LogP contribution in [0.1, 0.15) is 5.56 Å². The molecule has 94 valence electrons. The molecule has 0 aliphatic rings. The Morgan fingerprint density at radius 2 is 1.75 bits per heavy atom. The molecule has 1 nitrogen and oxygen atoms in total. The predicted molar refractivity (Wildman–Crippen MR) is 72.4 cm³/mol. The zero-order valence-corrected chi connectivity index (χ0v) is 13.4. The Morgan fingerprint density at radius 3 is 2.12 bits per heavy atom. The van der Waals surface area contributed by atoms with Crippen LogP contribution >= 0.6 is 0 Å². The van der Waals surface area contributed by atoms with Gasteiger partial charge in [0.2, 0.25) is 0 Å². The van der Waals surface area contributed by atoms with Gasteiger partial charge in [-0.2, -0.15) is 4.90 Å². The van der Waals surface area contributed by atoms with E-state index in [1.54, 1.807) is 0 Å². The van der Waals surface area contributed by atoms with Gasteiger partial charge in [0.05, 0.1) is 8.07 Å². The largest absolute Gasteiger partial charge is 1.00 e. The number of nitrogens with zero attached hydrogens (tertiary/aromatic N) is 1. The van der Waals surface area contributed by atoms with Gasteiger partial charge >= 0.3 is 17.1 Å². The zero-order valence-electron chi connectivity index (χ0n) is 10.6.